The first kappa shape index (κ1) is 22.8. The number of carbonyl (C=O) groups is 1. The molecule has 1 unspecified atom stereocenters. The van der Waals surface area contributed by atoms with Gasteiger partial charge in [-0.3, -0.25) is 4.79 Å². The molecule has 2 N–H and O–H groups in total. The topological polar surface area (TPSA) is 89.8 Å². The normalized spacial score (nSPS) is 62.3. The van der Waals surface area contributed by atoms with Crippen LogP contribution in [0.3, 0.4) is 0 Å². The van der Waals surface area contributed by atoms with Gasteiger partial charge in [0.05, 0.1) is 43.4 Å². The molecule has 3 saturated carbocycles. The summed E-state index contributed by atoms with van der Waals surface area (Å²) in [5.74, 6) is 1.80. The molecule has 33 heavy (non-hydrogen) atoms. The third-order valence-corrected chi connectivity index (χ3v) is 12.3. The van der Waals surface area contributed by atoms with Crippen molar-refractivity contribution in [3.05, 3.63) is 5.21 Å². The van der Waals surface area contributed by atoms with Gasteiger partial charge in [-0.25, -0.2) is 0 Å². The zero-order valence-corrected chi connectivity index (χ0v) is 20.8. The Hall–Kier alpha value is -0.690. The standard InChI is InChI=1S/C27H43NO5/c1-14-5-6-20-15(2)24-21(28(20,32)12-14)9-18-16-13-33-25(31)19-10-22(29)23(30)11-27(19,4)17(16)7-8-26(18,24)3/h14-24,29-30H,5-13H2,1-4H3/t14-,15+,16+,17-,18-,19+,20+,21-,22-,23+,24-,26-,27+,28?/m0/s1. The average molecular weight is 462 g/mol. The highest BCUT2D eigenvalue weighted by Gasteiger charge is 2.71. The van der Waals surface area contributed by atoms with Crippen LogP contribution in [0.1, 0.15) is 72.6 Å². The molecule has 0 aromatic rings. The van der Waals surface area contributed by atoms with Gasteiger partial charge in [-0.1, -0.05) is 27.7 Å². The van der Waals surface area contributed by atoms with E-state index in [1.807, 2.05) is 0 Å². The van der Waals surface area contributed by atoms with Gasteiger partial charge >= 0.3 is 5.97 Å². The number of fused-ring (bicyclic) bond motifs is 9. The molecule has 3 aliphatic carbocycles. The van der Waals surface area contributed by atoms with Crippen molar-refractivity contribution in [2.24, 2.45) is 52.3 Å². The van der Waals surface area contributed by atoms with E-state index < -0.39 is 12.2 Å². The van der Waals surface area contributed by atoms with Gasteiger partial charge in [-0.05, 0) is 54.8 Å². The van der Waals surface area contributed by atoms with Gasteiger partial charge in [0.15, 0.2) is 0 Å². The van der Waals surface area contributed by atoms with Crippen LogP contribution < -0.4 is 0 Å². The number of hydrogen-bond acceptors (Lipinski definition) is 5. The lowest BCUT2D eigenvalue weighted by Gasteiger charge is -2.56. The molecular formula is C27H43NO5. The summed E-state index contributed by atoms with van der Waals surface area (Å²) in [6, 6.07) is 0.443. The molecule has 0 spiro atoms. The highest BCUT2D eigenvalue weighted by atomic mass is 16.6. The van der Waals surface area contributed by atoms with Crippen molar-refractivity contribution >= 4 is 5.97 Å². The molecule has 3 saturated heterocycles. The molecule has 6 rings (SSSR count). The number of carbonyl (C=O) groups excluding carboxylic acids is 1. The lowest BCUT2D eigenvalue weighted by Crippen LogP contribution is -2.57. The van der Waals surface area contributed by atoms with E-state index in [-0.39, 0.29) is 45.4 Å². The van der Waals surface area contributed by atoms with Crippen molar-refractivity contribution in [2.75, 3.05) is 13.2 Å². The fraction of sp³-hybridized carbons (Fsp3) is 0.963. The van der Waals surface area contributed by atoms with Crippen LogP contribution in [0.5, 0.6) is 0 Å². The number of nitrogens with zero attached hydrogens (tertiary/aromatic N) is 1. The fourth-order valence-electron chi connectivity index (χ4n) is 10.9. The van der Waals surface area contributed by atoms with Gasteiger partial charge in [-0.15, -0.1) is 0 Å². The Bertz CT molecular complexity index is 835. The van der Waals surface area contributed by atoms with Crippen molar-refractivity contribution in [3.63, 3.8) is 0 Å². The van der Waals surface area contributed by atoms with Crippen LogP contribution in [0, 0.1) is 57.5 Å². The third-order valence-electron chi connectivity index (χ3n) is 12.3. The van der Waals surface area contributed by atoms with E-state index in [0.717, 1.165) is 32.2 Å². The van der Waals surface area contributed by atoms with Gasteiger partial charge < -0.3 is 24.8 Å². The van der Waals surface area contributed by atoms with E-state index in [1.54, 1.807) is 0 Å². The Morgan fingerprint density at radius 2 is 1.76 bits per heavy atom. The summed E-state index contributed by atoms with van der Waals surface area (Å²) < 4.78 is 5.96. The van der Waals surface area contributed by atoms with Crippen LogP contribution in [-0.2, 0) is 9.53 Å². The maximum absolute atomic E-state index is 14.4. The lowest BCUT2D eigenvalue weighted by atomic mass is 9.48. The summed E-state index contributed by atoms with van der Waals surface area (Å²) >= 11 is 0. The summed E-state index contributed by atoms with van der Waals surface area (Å²) in [5, 5.41) is 35.4. The molecule has 0 amide bonds. The summed E-state index contributed by atoms with van der Waals surface area (Å²) in [4.78, 5) is 13.1. The molecule has 3 aliphatic heterocycles. The fourth-order valence-corrected chi connectivity index (χ4v) is 10.9. The van der Waals surface area contributed by atoms with E-state index in [0.29, 0.717) is 49.0 Å². The zero-order chi connectivity index (χ0) is 23.5. The maximum atomic E-state index is 14.4. The lowest BCUT2D eigenvalue weighted by molar-refractivity contribution is -0.926. The first-order chi connectivity index (χ1) is 15.5. The smallest absolute Gasteiger partial charge is 0.309 e. The highest BCUT2D eigenvalue weighted by molar-refractivity contribution is 5.74. The molecule has 14 atom stereocenters. The molecule has 186 valence electrons. The SMILES string of the molecule is C[C@H]1CC[C@@H]2[C@@H](C)[C@H]3[C@H](C[C@H]4[C@@H]5COC(=O)[C@H]6C[C@H](O)[C@H](O)C[C@]6(C)[C@H]5CC[C@]34C)[N+]2([O-])C1. The van der Waals surface area contributed by atoms with E-state index in [1.165, 1.54) is 6.42 Å². The number of rotatable bonds is 0. The second-order valence-corrected chi connectivity index (χ2v) is 13.7. The number of quaternary nitrogens is 1. The molecule has 0 aromatic heterocycles. The summed E-state index contributed by atoms with van der Waals surface area (Å²) in [6.45, 7) is 10.4. The second-order valence-electron chi connectivity index (χ2n) is 13.7. The summed E-state index contributed by atoms with van der Waals surface area (Å²) in [6.07, 6.45) is 4.47. The van der Waals surface area contributed by atoms with E-state index in [2.05, 4.69) is 27.7 Å². The quantitative estimate of drug-likeness (QED) is 0.327. The molecule has 6 fully saturated rings. The molecule has 6 aliphatic rings. The van der Waals surface area contributed by atoms with Crippen LogP contribution in [-0.4, -0.2) is 58.3 Å². The predicted octanol–water partition coefficient (Wildman–Crippen LogP) is 3.48. The van der Waals surface area contributed by atoms with E-state index in [9.17, 15) is 20.2 Å². The van der Waals surface area contributed by atoms with Gasteiger partial charge in [-0.2, -0.15) is 0 Å². The van der Waals surface area contributed by atoms with Gasteiger partial charge in [0.25, 0.3) is 0 Å². The van der Waals surface area contributed by atoms with Crippen molar-refractivity contribution in [2.45, 2.75) is 96.9 Å². The first-order valence-electron chi connectivity index (χ1n) is 13.6. The Balaban J connectivity index is 1.36. The molecular weight excluding hydrogens is 418 g/mol. The third kappa shape index (κ3) is 2.84. The molecule has 0 bridgehead atoms. The summed E-state index contributed by atoms with van der Waals surface area (Å²) in [5.41, 5.74) is -0.232. The minimum absolute atomic E-state index is 0.0288. The van der Waals surface area contributed by atoms with Crippen molar-refractivity contribution in [1.29, 1.82) is 0 Å². The molecule has 6 nitrogen and oxygen atoms in total. The first-order valence-corrected chi connectivity index (χ1v) is 13.6. The Morgan fingerprint density at radius 1 is 1.00 bits per heavy atom. The Labute approximate surface area is 198 Å². The zero-order valence-electron chi connectivity index (χ0n) is 20.8. The van der Waals surface area contributed by atoms with Gasteiger partial charge in [0.1, 0.15) is 0 Å². The number of esters is 1. The Morgan fingerprint density at radius 3 is 2.52 bits per heavy atom. The van der Waals surface area contributed by atoms with Crippen LogP contribution in [0.2, 0.25) is 0 Å². The van der Waals surface area contributed by atoms with Crippen LogP contribution in [0.4, 0.5) is 0 Å². The van der Waals surface area contributed by atoms with Gasteiger partial charge in [0.2, 0.25) is 0 Å². The molecule has 3 heterocycles. The van der Waals surface area contributed by atoms with E-state index >= 15 is 0 Å². The number of aliphatic hydroxyl groups is 2. The van der Waals surface area contributed by atoms with Crippen LogP contribution in [0.15, 0.2) is 0 Å². The number of piperidine rings is 1. The van der Waals surface area contributed by atoms with Gasteiger partial charge in [0, 0.05) is 36.5 Å². The van der Waals surface area contributed by atoms with Crippen molar-refractivity contribution < 1.29 is 24.4 Å². The van der Waals surface area contributed by atoms with E-state index in [4.69, 9.17) is 4.74 Å². The van der Waals surface area contributed by atoms with Crippen LogP contribution >= 0.6 is 0 Å². The minimum atomic E-state index is -0.851. The molecule has 6 heteroatoms. The van der Waals surface area contributed by atoms with Crippen molar-refractivity contribution in [1.82, 2.24) is 0 Å². The van der Waals surface area contributed by atoms with Crippen molar-refractivity contribution in [3.8, 4) is 0 Å². The van der Waals surface area contributed by atoms with Crippen LogP contribution in [0.25, 0.3) is 0 Å². The summed E-state index contributed by atoms with van der Waals surface area (Å²) in [7, 11) is 0. The number of hydroxylamine groups is 3. The monoisotopic (exact) mass is 461 g/mol. The number of aliphatic hydroxyl groups excluding tert-OH is 2. The number of ether oxygens (including phenoxy) is 1. The average Bonchev–Trinajstić information content (AvgIpc) is 3.14. The molecule has 0 aromatic carbocycles. The molecule has 0 radical (unpaired) electrons. The second kappa shape index (κ2) is 7.18. The predicted molar refractivity (Wildman–Crippen MR) is 123 cm³/mol. The highest BCUT2D eigenvalue weighted by Crippen LogP contribution is 2.70. The number of cyclic esters (lactones) is 1. The maximum Gasteiger partial charge on any atom is 0.309 e. The Kier molecular flexibility index (Phi) is 4.95. The minimum Gasteiger partial charge on any atom is -0.632 e. The largest absolute Gasteiger partial charge is 0.632 e. The number of hydrogen-bond donors (Lipinski definition) is 2.